The summed E-state index contributed by atoms with van der Waals surface area (Å²) in [5, 5.41) is 6.69. The van der Waals surface area contributed by atoms with Crippen LogP contribution in [0.15, 0.2) is 36.4 Å². The summed E-state index contributed by atoms with van der Waals surface area (Å²) in [4.78, 5) is 8.96. The standard InChI is InChI=1S/C18H26N4/c1-14(2)9-11-20-18-21-15(3)13-17(22-18)19-12-10-16-7-5-4-6-8-16/h4-8,13-14H,9-12H2,1-3H3,(H2,19,20,21,22). The van der Waals surface area contributed by atoms with Gasteiger partial charge in [0.25, 0.3) is 0 Å². The molecule has 2 aromatic rings. The zero-order valence-corrected chi connectivity index (χ0v) is 13.8. The molecular formula is C18H26N4. The van der Waals surface area contributed by atoms with Gasteiger partial charge in [0, 0.05) is 24.8 Å². The lowest BCUT2D eigenvalue weighted by atomic mass is 10.1. The van der Waals surface area contributed by atoms with Crippen molar-refractivity contribution >= 4 is 11.8 Å². The highest BCUT2D eigenvalue weighted by Gasteiger charge is 2.02. The van der Waals surface area contributed by atoms with Gasteiger partial charge in [-0.2, -0.15) is 4.98 Å². The molecule has 0 atom stereocenters. The van der Waals surface area contributed by atoms with E-state index in [0.717, 1.165) is 37.4 Å². The molecule has 2 N–H and O–H groups in total. The monoisotopic (exact) mass is 298 g/mol. The quantitative estimate of drug-likeness (QED) is 0.776. The molecule has 0 saturated heterocycles. The number of nitrogens with zero attached hydrogens (tertiary/aromatic N) is 2. The summed E-state index contributed by atoms with van der Waals surface area (Å²) in [5.41, 5.74) is 2.31. The minimum absolute atomic E-state index is 0.681. The van der Waals surface area contributed by atoms with Crippen LogP contribution >= 0.6 is 0 Å². The molecular weight excluding hydrogens is 272 g/mol. The van der Waals surface area contributed by atoms with Crippen molar-refractivity contribution in [3.63, 3.8) is 0 Å². The molecule has 4 heteroatoms. The zero-order chi connectivity index (χ0) is 15.8. The van der Waals surface area contributed by atoms with Crippen LogP contribution in [-0.4, -0.2) is 23.1 Å². The Morgan fingerprint density at radius 3 is 2.50 bits per heavy atom. The minimum Gasteiger partial charge on any atom is -0.370 e. The Morgan fingerprint density at radius 2 is 1.77 bits per heavy atom. The summed E-state index contributed by atoms with van der Waals surface area (Å²) >= 11 is 0. The van der Waals surface area contributed by atoms with Crippen LogP contribution in [-0.2, 0) is 6.42 Å². The number of anilines is 2. The van der Waals surface area contributed by atoms with Crippen molar-refractivity contribution in [2.75, 3.05) is 23.7 Å². The lowest BCUT2D eigenvalue weighted by Crippen LogP contribution is -2.11. The molecule has 0 unspecified atom stereocenters. The topological polar surface area (TPSA) is 49.8 Å². The summed E-state index contributed by atoms with van der Waals surface area (Å²) in [6.07, 6.45) is 2.11. The predicted octanol–water partition coefficient (Wildman–Crippen LogP) is 3.90. The van der Waals surface area contributed by atoms with Gasteiger partial charge in [-0.3, -0.25) is 0 Å². The van der Waals surface area contributed by atoms with E-state index in [1.165, 1.54) is 5.56 Å². The number of aromatic nitrogens is 2. The van der Waals surface area contributed by atoms with E-state index >= 15 is 0 Å². The Morgan fingerprint density at radius 1 is 1.00 bits per heavy atom. The number of hydrogen-bond donors (Lipinski definition) is 2. The Hall–Kier alpha value is -2.10. The molecule has 2 rings (SSSR count). The van der Waals surface area contributed by atoms with Crippen LogP contribution in [0.4, 0.5) is 11.8 Å². The number of benzene rings is 1. The second-order valence-corrected chi connectivity index (χ2v) is 5.99. The summed E-state index contributed by atoms with van der Waals surface area (Å²) in [6.45, 7) is 8.21. The lowest BCUT2D eigenvalue weighted by Gasteiger charge is -2.11. The predicted molar refractivity (Wildman–Crippen MR) is 93.3 cm³/mol. The maximum absolute atomic E-state index is 4.53. The highest BCUT2D eigenvalue weighted by molar-refractivity contribution is 5.42. The molecule has 1 heterocycles. The first-order valence-corrected chi connectivity index (χ1v) is 8.01. The molecule has 118 valence electrons. The van der Waals surface area contributed by atoms with Crippen LogP contribution in [0, 0.1) is 12.8 Å². The normalized spacial score (nSPS) is 10.7. The molecule has 1 aromatic carbocycles. The number of nitrogens with one attached hydrogen (secondary N) is 2. The average molecular weight is 298 g/mol. The maximum Gasteiger partial charge on any atom is 0.224 e. The first kappa shape index (κ1) is 16.3. The van der Waals surface area contributed by atoms with Gasteiger partial charge < -0.3 is 10.6 Å². The Labute approximate surface area is 133 Å². The third-order valence-electron chi connectivity index (χ3n) is 3.42. The van der Waals surface area contributed by atoms with Gasteiger partial charge in [-0.15, -0.1) is 0 Å². The van der Waals surface area contributed by atoms with Gasteiger partial charge in [0.05, 0.1) is 0 Å². The fourth-order valence-electron chi connectivity index (χ4n) is 2.19. The Kier molecular flexibility index (Phi) is 6.19. The van der Waals surface area contributed by atoms with Crippen LogP contribution in [0.5, 0.6) is 0 Å². The molecule has 0 aliphatic rings. The van der Waals surface area contributed by atoms with Crippen LogP contribution < -0.4 is 10.6 Å². The summed E-state index contributed by atoms with van der Waals surface area (Å²) in [5.74, 6) is 2.28. The third-order valence-corrected chi connectivity index (χ3v) is 3.42. The van der Waals surface area contributed by atoms with E-state index in [2.05, 4.69) is 58.7 Å². The maximum atomic E-state index is 4.53. The second-order valence-electron chi connectivity index (χ2n) is 5.99. The highest BCUT2D eigenvalue weighted by atomic mass is 15.1. The average Bonchev–Trinajstić information content (AvgIpc) is 2.47. The van der Waals surface area contributed by atoms with Crippen molar-refractivity contribution in [2.24, 2.45) is 5.92 Å². The van der Waals surface area contributed by atoms with Crippen LogP contribution in [0.25, 0.3) is 0 Å². The molecule has 0 aliphatic carbocycles. The van der Waals surface area contributed by atoms with Gasteiger partial charge >= 0.3 is 0 Å². The Balaban J connectivity index is 1.86. The van der Waals surface area contributed by atoms with E-state index in [0.29, 0.717) is 11.9 Å². The molecule has 22 heavy (non-hydrogen) atoms. The van der Waals surface area contributed by atoms with Gasteiger partial charge in [0.1, 0.15) is 5.82 Å². The van der Waals surface area contributed by atoms with Gasteiger partial charge in [0.15, 0.2) is 0 Å². The van der Waals surface area contributed by atoms with Crippen molar-refractivity contribution in [1.29, 1.82) is 0 Å². The van der Waals surface area contributed by atoms with E-state index in [4.69, 9.17) is 0 Å². The van der Waals surface area contributed by atoms with Crippen LogP contribution in [0.2, 0.25) is 0 Å². The largest absolute Gasteiger partial charge is 0.370 e. The molecule has 0 aliphatic heterocycles. The van der Waals surface area contributed by atoms with E-state index in [1.807, 2.05) is 19.1 Å². The summed E-state index contributed by atoms with van der Waals surface area (Å²) in [6, 6.07) is 12.5. The van der Waals surface area contributed by atoms with Crippen LogP contribution in [0.1, 0.15) is 31.5 Å². The number of hydrogen-bond acceptors (Lipinski definition) is 4. The first-order chi connectivity index (χ1) is 10.6. The summed E-state index contributed by atoms with van der Waals surface area (Å²) < 4.78 is 0. The molecule has 0 radical (unpaired) electrons. The minimum atomic E-state index is 0.681. The second kappa shape index (κ2) is 8.37. The van der Waals surface area contributed by atoms with Crippen molar-refractivity contribution < 1.29 is 0 Å². The van der Waals surface area contributed by atoms with Crippen molar-refractivity contribution in [3.05, 3.63) is 47.7 Å². The fraction of sp³-hybridized carbons (Fsp3) is 0.444. The molecule has 0 amide bonds. The van der Waals surface area contributed by atoms with E-state index in [9.17, 15) is 0 Å². The number of aryl methyl sites for hydroxylation is 1. The van der Waals surface area contributed by atoms with Crippen LogP contribution in [0.3, 0.4) is 0 Å². The summed E-state index contributed by atoms with van der Waals surface area (Å²) in [7, 11) is 0. The molecule has 0 fully saturated rings. The smallest absolute Gasteiger partial charge is 0.224 e. The lowest BCUT2D eigenvalue weighted by molar-refractivity contribution is 0.606. The van der Waals surface area contributed by atoms with E-state index in [1.54, 1.807) is 0 Å². The van der Waals surface area contributed by atoms with Gasteiger partial charge in [-0.25, -0.2) is 4.98 Å². The molecule has 0 bridgehead atoms. The van der Waals surface area contributed by atoms with E-state index in [-0.39, 0.29) is 0 Å². The fourth-order valence-corrected chi connectivity index (χ4v) is 2.19. The van der Waals surface area contributed by atoms with E-state index < -0.39 is 0 Å². The molecule has 0 spiro atoms. The van der Waals surface area contributed by atoms with Crippen molar-refractivity contribution in [2.45, 2.75) is 33.6 Å². The van der Waals surface area contributed by atoms with Gasteiger partial charge in [0.2, 0.25) is 5.95 Å². The highest BCUT2D eigenvalue weighted by Crippen LogP contribution is 2.10. The van der Waals surface area contributed by atoms with Crippen molar-refractivity contribution in [3.8, 4) is 0 Å². The molecule has 1 aromatic heterocycles. The molecule has 0 saturated carbocycles. The van der Waals surface area contributed by atoms with Gasteiger partial charge in [-0.1, -0.05) is 44.2 Å². The van der Waals surface area contributed by atoms with Crippen molar-refractivity contribution in [1.82, 2.24) is 9.97 Å². The SMILES string of the molecule is Cc1cc(NCCc2ccccc2)nc(NCCC(C)C)n1. The zero-order valence-electron chi connectivity index (χ0n) is 13.8. The Bertz CT molecular complexity index is 567. The third kappa shape index (κ3) is 5.72. The molecule has 4 nitrogen and oxygen atoms in total. The first-order valence-electron chi connectivity index (χ1n) is 8.01. The number of rotatable bonds is 8. The van der Waals surface area contributed by atoms with Gasteiger partial charge in [-0.05, 0) is 31.2 Å².